The number of guanidine groups is 1. The smallest absolute Gasteiger partial charge is 0.193 e. The van der Waals surface area contributed by atoms with Crippen molar-refractivity contribution in [1.29, 1.82) is 0 Å². The van der Waals surface area contributed by atoms with Gasteiger partial charge in [0.25, 0.3) is 0 Å². The van der Waals surface area contributed by atoms with E-state index in [0.29, 0.717) is 24.0 Å². The molecule has 0 bridgehead atoms. The van der Waals surface area contributed by atoms with Crippen molar-refractivity contribution >= 4 is 35.6 Å². The molecule has 0 amide bonds. The predicted molar refractivity (Wildman–Crippen MR) is 139 cm³/mol. The second kappa shape index (κ2) is 11.7. The number of hydrogen-bond donors (Lipinski definition) is 2. The Kier molecular flexibility index (Phi) is 9.01. The van der Waals surface area contributed by atoms with Crippen LogP contribution in [0.15, 0.2) is 41.4 Å². The van der Waals surface area contributed by atoms with E-state index in [9.17, 15) is 0 Å². The number of halogens is 1. The first-order chi connectivity index (χ1) is 15.2. The lowest BCUT2D eigenvalue weighted by Crippen LogP contribution is -2.40. The maximum absolute atomic E-state index is 6.26. The number of rotatable bonds is 7. The van der Waals surface area contributed by atoms with Gasteiger partial charge in [0.2, 0.25) is 0 Å². The molecule has 8 heteroatoms. The zero-order chi connectivity index (χ0) is 21.6. The molecule has 0 radical (unpaired) electrons. The highest BCUT2D eigenvalue weighted by molar-refractivity contribution is 14.0. The van der Waals surface area contributed by atoms with Crippen LogP contribution < -0.4 is 20.5 Å². The van der Waals surface area contributed by atoms with Crippen molar-refractivity contribution in [2.75, 3.05) is 52.4 Å². The molecule has 0 aromatic heterocycles. The molecule has 0 spiro atoms. The molecule has 7 nitrogen and oxygen atoms in total. The van der Waals surface area contributed by atoms with Crippen molar-refractivity contribution in [2.45, 2.75) is 25.3 Å². The minimum Gasteiger partial charge on any atom is -0.493 e. The van der Waals surface area contributed by atoms with Crippen LogP contribution in [0.5, 0.6) is 11.5 Å². The summed E-state index contributed by atoms with van der Waals surface area (Å²) in [6.45, 7) is 3.69. The molecule has 1 saturated heterocycles. The second-order valence-electron chi connectivity index (χ2n) is 7.97. The number of aliphatic imine (C=N–C) groups is 1. The summed E-state index contributed by atoms with van der Waals surface area (Å²) in [5.74, 6) is 1.86. The number of anilines is 1. The van der Waals surface area contributed by atoms with E-state index in [1.165, 1.54) is 24.0 Å². The van der Waals surface area contributed by atoms with E-state index < -0.39 is 0 Å². The van der Waals surface area contributed by atoms with Crippen LogP contribution in [-0.2, 0) is 17.6 Å². The van der Waals surface area contributed by atoms with Gasteiger partial charge < -0.3 is 25.3 Å². The summed E-state index contributed by atoms with van der Waals surface area (Å²) in [6.07, 6.45) is 3.54. The Morgan fingerprint density at radius 1 is 1.06 bits per heavy atom. The molecular weight excluding hydrogens is 519 g/mol. The highest BCUT2D eigenvalue weighted by atomic mass is 127. The predicted octanol–water partition coefficient (Wildman–Crippen LogP) is 3.61. The van der Waals surface area contributed by atoms with Crippen molar-refractivity contribution in [1.82, 2.24) is 4.90 Å². The van der Waals surface area contributed by atoms with Crippen molar-refractivity contribution in [3.8, 4) is 11.5 Å². The Morgan fingerprint density at radius 3 is 2.56 bits per heavy atom. The number of benzene rings is 2. The van der Waals surface area contributed by atoms with E-state index in [4.69, 9.17) is 24.9 Å². The summed E-state index contributed by atoms with van der Waals surface area (Å²) in [4.78, 5) is 7.08. The molecule has 1 unspecified atom stereocenters. The number of ether oxygens (including phenoxy) is 3. The number of fused-ring (bicyclic) bond motifs is 1. The quantitative estimate of drug-likeness (QED) is 0.311. The van der Waals surface area contributed by atoms with Gasteiger partial charge in [-0.15, -0.1) is 24.0 Å². The van der Waals surface area contributed by atoms with Crippen molar-refractivity contribution in [2.24, 2.45) is 10.7 Å². The number of aryl methyl sites for hydroxylation is 2. The van der Waals surface area contributed by atoms with Crippen LogP contribution in [0.4, 0.5) is 5.69 Å². The summed E-state index contributed by atoms with van der Waals surface area (Å²) in [6, 6.07) is 12.6. The number of methoxy groups -OCH3 is 2. The third-order valence-corrected chi connectivity index (χ3v) is 6.08. The highest BCUT2D eigenvalue weighted by Crippen LogP contribution is 2.32. The Morgan fingerprint density at radius 2 is 1.81 bits per heavy atom. The van der Waals surface area contributed by atoms with Gasteiger partial charge in [-0.3, -0.25) is 9.89 Å². The molecule has 4 rings (SSSR count). The number of nitrogens with zero attached hydrogens (tertiary/aromatic N) is 2. The molecule has 1 aliphatic heterocycles. The van der Waals surface area contributed by atoms with Gasteiger partial charge in [0.15, 0.2) is 17.5 Å². The summed E-state index contributed by atoms with van der Waals surface area (Å²) >= 11 is 0. The van der Waals surface area contributed by atoms with E-state index in [1.54, 1.807) is 14.2 Å². The Bertz CT molecular complexity index is 931. The normalized spacial score (nSPS) is 17.2. The molecule has 0 saturated carbocycles. The fraction of sp³-hybridized carbons (Fsp3) is 0.458. The molecule has 2 aliphatic rings. The molecule has 1 fully saturated rings. The Balaban J connectivity index is 0.00000289. The SMILES string of the molecule is COc1ccc(C(CN=C(N)Nc2ccc3c(c2)CCC3)N2CCOCC2)cc1OC.I. The minimum absolute atomic E-state index is 0. The maximum atomic E-state index is 6.26. The van der Waals surface area contributed by atoms with E-state index in [2.05, 4.69) is 34.5 Å². The molecule has 2 aromatic carbocycles. The van der Waals surface area contributed by atoms with Crippen molar-refractivity contribution < 1.29 is 14.2 Å². The Labute approximate surface area is 207 Å². The molecule has 1 aliphatic carbocycles. The average molecular weight is 552 g/mol. The van der Waals surface area contributed by atoms with Gasteiger partial charge in [0.1, 0.15) is 0 Å². The van der Waals surface area contributed by atoms with E-state index in [-0.39, 0.29) is 30.0 Å². The number of nitrogens with two attached hydrogens (primary N) is 1. The molecule has 3 N–H and O–H groups in total. The van der Waals surface area contributed by atoms with Crippen LogP contribution in [0.1, 0.15) is 29.2 Å². The van der Waals surface area contributed by atoms with Gasteiger partial charge >= 0.3 is 0 Å². The van der Waals surface area contributed by atoms with Gasteiger partial charge in [-0.2, -0.15) is 0 Å². The standard InChI is InChI=1S/C24H32N4O3.HI/c1-29-22-9-7-19(15-23(22)30-2)21(28-10-12-31-13-11-28)16-26-24(25)27-20-8-6-17-4-3-5-18(17)14-20;/h6-9,14-15,21H,3-5,10-13,16H2,1-2H3,(H3,25,26,27);1H. The van der Waals surface area contributed by atoms with Crippen LogP contribution in [-0.4, -0.2) is 57.9 Å². The topological polar surface area (TPSA) is 81.3 Å². The lowest BCUT2D eigenvalue weighted by atomic mass is 10.0. The number of hydrogen-bond acceptors (Lipinski definition) is 5. The fourth-order valence-corrected chi connectivity index (χ4v) is 4.40. The van der Waals surface area contributed by atoms with Crippen LogP contribution in [0.3, 0.4) is 0 Å². The zero-order valence-corrected chi connectivity index (χ0v) is 21.1. The first-order valence-corrected chi connectivity index (χ1v) is 10.9. The Hall–Kier alpha value is -2.04. The first kappa shape index (κ1) is 24.6. The maximum Gasteiger partial charge on any atom is 0.193 e. The molecule has 1 atom stereocenters. The largest absolute Gasteiger partial charge is 0.493 e. The summed E-state index contributed by atoms with van der Waals surface area (Å²) < 4.78 is 16.5. The van der Waals surface area contributed by atoms with E-state index in [1.807, 2.05) is 12.1 Å². The number of nitrogens with one attached hydrogen (secondary N) is 1. The number of morpholine rings is 1. The summed E-state index contributed by atoms with van der Waals surface area (Å²) in [7, 11) is 3.30. The van der Waals surface area contributed by atoms with E-state index in [0.717, 1.165) is 44.0 Å². The fourth-order valence-electron chi connectivity index (χ4n) is 4.40. The zero-order valence-electron chi connectivity index (χ0n) is 18.8. The van der Waals surface area contributed by atoms with Gasteiger partial charge in [-0.05, 0) is 60.2 Å². The van der Waals surface area contributed by atoms with Gasteiger partial charge in [-0.1, -0.05) is 12.1 Å². The summed E-state index contributed by atoms with van der Waals surface area (Å²) in [5.41, 5.74) is 11.2. The third kappa shape index (κ3) is 5.85. The van der Waals surface area contributed by atoms with Crippen molar-refractivity contribution in [3.63, 3.8) is 0 Å². The third-order valence-electron chi connectivity index (χ3n) is 6.08. The lowest BCUT2D eigenvalue weighted by molar-refractivity contribution is 0.0179. The van der Waals surface area contributed by atoms with Gasteiger partial charge in [-0.25, -0.2) is 0 Å². The van der Waals surface area contributed by atoms with E-state index >= 15 is 0 Å². The van der Waals surface area contributed by atoms with Crippen LogP contribution in [0, 0.1) is 0 Å². The first-order valence-electron chi connectivity index (χ1n) is 10.9. The van der Waals surface area contributed by atoms with Crippen LogP contribution >= 0.6 is 24.0 Å². The van der Waals surface area contributed by atoms with Gasteiger partial charge in [0, 0.05) is 18.8 Å². The monoisotopic (exact) mass is 552 g/mol. The molecule has 2 aromatic rings. The second-order valence-corrected chi connectivity index (χ2v) is 7.97. The van der Waals surface area contributed by atoms with Crippen LogP contribution in [0.2, 0.25) is 0 Å². The lowest BCUT2D eigenvalue weighted by Gasteiger charge is -2.34. The molecule has 174 valence electrons. The highest BCUT2D eigenvalue weighted by Gasteiger charge is 2.24. The molecule has 1 heterocycles. The summed E-state index contributed by atoms with van der Waals surface area (Å²) in [5, 5.41) is 3.26. The molecule has 32 heavy (non-hydrogen) atoms. The average Bonchev–Trinajstić information content (AvgIpc) is 3.27. The van der Waals surface area contributed by atoms with Crippen LogP contribution in [0.25, 0.3) is 0 Å². The minimum atomic E-state index is 0. The molecular formula is C24H33IN4O3. The van der Waals surface area contributed by atoms with Gasteiger partial charge in [0.05, 0.1) is 40.0 Å². The van der Waals surface area contributed by atoms with Crippen molar-refractivity contribution in [3.05, 3.63) is 53.1 Å².